The Labute approximate surface area is 102 Å². The third kappa shape index (κ3) is 3.43. The number of aliphatic hydroxyl groups is 1. The zero-order valence-corrected chi connectivity index (χ0v) is 10.1. The van der Waals surface area contributed by atoms with Crippen LogP contribution in [-0.4, -0.2) is 21.5 Å². The fraction of sp³-hybridized carbons (Fsp3) is 0.357. The van der Waals surface area contributed by atoms with Gasteiger partial charge in [-0.05, 0) is 29.9 Å². The molecule has 1 heterocycles. The molecule has 0 aliphatic rings. The number of aromatic nitrogens is 2. The van der Waals surface area contributed by atoms with Crippen LogP contribution in [0.15, 0.2) is 42.7 Å². The molecule has 1 atom stereocenters. The quantitative estimate of drug-likeness (QED) is 0.850. The van der Waals surface area contributed by atoms with Crippen LogP contribution in [0.2, 0.25) is 0 Å². The fourth-order valence-electron chi connectivity index (χ4n) is 2.06. The lowest BCUT2D eigenvalue weighted by molar-refractivity contribution is 0.225. The molecule has 0 saturated carbocycles. The van der Waals surface area contributed by atoms with Crippen molar-refractivity contribution in [1.29, 1.82) is 0 Å². The van der Waals surface area contributed by atoms with Gasteiger partial charge in [-0.3, -0.25) is 4.68 Å². The molecule has 3 heteroatoms. The van der Waals surface area contributed by atoms with Crippen molar-refractivity contribution >= 4 is 0 Å². The van der Waals surface area contributed by atoms with Gasteiger partial charge in [0.1, 0.15) is 0 Å². The van der Waals surface area contributed by atoms with Crippen LogP contribution in [0.4, 0.5) is 0 Å². The molecular formula is C14H18N2O. The summed E-state index contributed by atoms with van der Waals surface area (Å²) in [6.07, 6.45) is 5.66. The van der Waals surface area contributed by atoms with E-state index >= 15 is 0 Å². The van der Waals surface area contributed by atoms with Gasteiger partial charge in [-0.15, -0.1) is 0 Å². The molecule has 0 fully saturated rings. The second-order valence-electron chi connectivity index (χ2n) is 4.46. The highest BCUT2D eigenvalue weighted by atomic mass is 16.3. The van der Waals surface area contributed by atoms with Crippen molar-refractivity contribution in [3.05, 3.63) is 53.9 Å². The molecular weight excluding hydrogens is 212 g/mol. The normalized spacial score (nSPS) is 12.6. The zero-order chi connectivity index (χ0) is 12.1. The third-order valence-electron chi connectivity index (χ3n) is 2.91. The topological polar surface area (TPSA) is 38.0 Å². The summed E-state index contributed by atoms with van der Waals surface area (Å²) in [5, 5.41) is 13.6. The molecule has 0 spiro atoms. The molecule has 0 radical (unpaired) electrons. The Balaban J connectivity index is 1.98. The van der Waals surface area contributed by atoms with Gasteiger partial charge in [0.25, 0.3) is 0 Å². The predicted octanol–water partition coefficient (Wildman–Crippen LogP) is 1.81. The minimum absolute atomic E-state index is 0.212. The maximum Gasteiger partial charge on any atom is 0.0521 e. The van der Waals surface area contributed by atoms with Crippen LogP contribution in [0.25, 0.3) is 0 Å². The highest BCUT2D eigenvalue weighted by Crippen LogP contribution is 2.13. The van der Waals surface area contributed by atoms with E-state index in [1.165, 1.54) is 11.1 Å². The lowest BCUT2D eigenvalue weighted by Crippen LogP contribution is -2.12. The second-order valence-corrected chi connectivity index (χ2v) is 4.46. The van der Waals surface area contributed by atoms with Crippen LogP contribution in [0.5, 0.6) is 0 Å². The maximum atomic E-state index is 9.43. The van der Waals surface area contributed by atoms with E-state index in [2.05, 4.69) is 17.2 Å². The van der Waals surface area contributed by atoms with Crippen molar-refractivity contribution in [2.24, 2.45) is 13.0 Å². The van der Waals surface area contributed by atoms with Gasteiger partial charge in [-0.1, -0.05) is 30.3 Å². The Hall–Kier alpha value is -1.61. The first-order valence-electron chi connectivity index (χ1n) is 5.90. The van der Waals surface area contributed by atoms with E-state index < -0.39 is 0 Å². The van der Waals surface area contributed by atoms with Crippen molar-refractivity contribution in [3.63, 3.8) is 0 Å². The molecule has 0 aliphatic carbocycles. The van der Waals surface area contributed by atoms with Crippen LogP contribution in [0.3, 0.4) is 0 Å². The average molecular weight is 230 g/mol. The molecule has 0 amide bonds. The summed E-state index contributed by atoms with van der Waals surface area (Å²) in [5.41, 5.74) is 2.46. The highest BCUT2D eigenvalue weighted by Gasteiger charge is 2.10. The molecule has 1 aromatic heterocycles. The molecule has 0 saturated heterocycles. The van der Waals surface area contributed by atoms with Crippen molar-refractivity contribution in [1.82, 2.24) is 9.78 Å². The van der Waals surface area contributed by atoms with Gasteiger partial charge in [-0.25, -0.2) is 0 Å². The first kappa shape index (κ1) is 11.9. The summed E-state index contributed by atoms with van der Waals surface area (Å²) in [6.45, 7) is 0.212. The Bertz CT molecular complexity index is 450. The van der Waals surface area contributed by atoms with Gasteiger partial charge in [-0.2, -0.15) is 5.10 Å². The largest absolute Gasteiger partial charge is 0.396 e. The molecule has 17 heavy (non-hydrogen) atoms. The van der Waals surface area contributed by atoms with Crippen molar-refractivity contribution < 1.29 is 5.11 Å². The number of aliphatic hydroxyl groups excluding tert-OH is 1. The molecule has 2 rings (SSSR count). The predicted molar refractivity (Wildman–Crippen MR) is 67.6 cm³/mol. The first-order valence-corrected chi connectivity index (χ1v) is 5.90. The number of hydrogen-bond acceptors (Lipinski definition) is 2. The zero-order valence-electron chi connectivity index (χ0n) is 10.1. The average Bonchev–Trinajstić information content (AvgIpc) is 2.75. The van der Waals surface area contributed by atoms with Crippen molar-refractivity contribution in [2.75, 3.05) is 6.61 Å². The van der Waals surface area contributed by atoms with Crippen LogP contribution in [0, 0.1) is 5.92 Å². The van der Waals surface area contributed by atoms with Crippen LogP contribution >= 0.6 is 0 Å². The number of hydrogen-bond donors (Lipinski definition) is 1. The summed E-state index contributed by atoms with van der Waals surface area (Å²) in [7, 11) is 1.91. The lowest BCUT2D eigenvalue weighted by atomic mass is 9.94. The number of nitrogens with zero attached hydrogens (tertiary/aromatic N) is 2. The van der Waals surface area contributed by atoms with E-state index in [-0.39, 0.29) is 12.5 Å². The monoisotopic (exact) mass is 230 g/mol. The summed E-state index contributed by atoms with van der Waals surface area (Å²) >= 11 is 0. The summed E-state index contributed by atoms with van der Waals surface area (Å²) in [4.78, 5) is 0. The minimum Gasteiger partial charge on any atom is -0.396 e. The number of benzene rings is 1. The number of rotatable bonds is 5. The standard InChI is InChI=1S/C14H18N2O/c1-16-10-14(9-15-16)8-13(11-17)7-12-5-3-2-4-6-12/h2-6,9-10,13,17H,7-8,11H2,1H3. The molecule has 3 nitrogen and oxygen atoms in total. The molecule has 1 unspecified atom stereocenters. The lowest BCUT2D eigenvalue weighted by Gasteiger charge is -2.12. The van der Waals surface area contributed by atoms with E-state index in [0.717, 1.165) is 12.8 Å². The van der Waals surface area contributed by atoms with Crippen LogP contribution in [-0.2, 0) is 19.9 Å². The van der Waals surface area contributed by atoms with Gasteiger partial charge in [0.15, 0.2) is 0 Å². The van der Waals surface area contributed by atoms with Gasteiger partial charge < -0.3 is 5.11 Å². The Morgan fingerprint density at radius 1 is 1.18 bits per heavy atom. The minimum atomic E-state index is 0.212. The molecule has 2 aromatic rings. The first-order chi connectivity index (χ1) is 8.28. The van der Waals surface area contributed by atoms with Gasteiger partial charge in [0.2, 0.25) is 0 Å². The summed E-state index contributed by atoms with van der Waals surface area (Å²) in [6, 6.07) is 10.3. The van der Waals surface area contributed by atoms with E-state index in [1.807, 2.05) is 37.6 Å². The van der Waals surface area contributed by atoms with E-state index in [0.29, 0.717) is 0 Å². The Kier molecular flexibility index (Phi) is 3.94. The van der Waals surface area contributed by atoms with E-state index in [1.54, 1.807) is 4.68 Å². The third-order valence-corrected chi connectivity index (χ3v) is 2.91. The summed E-state index contributed by atoms with van der Waals surface area (Å²) < 4.78 is 1.80. The molecule has 1 aromatic carbocycles. The molecule has 90 valence electrons. The Morgan fingerprint density at radius 2 is 1.88 bits per heavy atom. The van der Waals surface area contributed by atoms with Crippen LogP contribution in [0.1, 0.15) is 11.1 Å². The van der Waals surface area contributed by atoms with E-state index in [4.69, 9.17) is 0 Å². The number of aryl methyl sites for hydroxylation is 1. The van der Waals surface area contributed by atoms with Crippen molar-refractivity contribution in [3.8, 4) is 0 Å². The smallest absolute Gasteiger partial charge is 0.0521 e. The molecule has 0 bridgehead atoms. The van der Waals surface area contributed by atoms with Gasteiger partial charge in [0, 0.05) is 19.9 Å². The van der Waals surface area contributed by atoms with Gasteiger partial charge in [0.05, 0.1) is 6.20 Å². The molecule has 0 aliphatic heterocycles. The fourth-order valence-corrected chi connectivity index (χ4v) is 2.06. The highest BCUT2D eigenvalue weighted by molar-refractivity contribution is 5.16. The van der Waals surface area contributed by atoms with E-state index in [9.17, 15) is 5.11 Å². The maximum absolute atomic E-state index is 9.43. The molecule has 1 N–H and O–H groups in total. The van der Waals surface area contributed by atoms with Crippen LogP contribution < -0.4 is 0 Å². The van der Waals surface area contributed by atoms with Crippen molar-refractivity contribution in [2.45, 2.75) is 12.8 Å². The Morgan fingerprint density at radius 3 is 2.47 bits per heavy atom. The van der Waals surface area contributed by atoms with Gasteiger partial charge >= 0.3 is 0 Å². The summed E-state index contributed by atoms with van der Waals surface area (Å²) in [5.74, 6) is 0.265. The second kappa shape index (κ2) is 5.64. The SMILES string of the molecule is Cn1cc(CC(CO)Cc2ccccc2)cn1.